The first-order valence-electron chi connectivity index (χ1n) is 7.78. The maximum atomic E-state index is 11.9. The van der Waals surface area contributed by atoms with Gasteiger partial charge in [-0.15, -0.1) is 0 Å². The van der Waals surface area contributed by atoms with Gasteiger partial charge in [-0.05, 0) is 62.4 Å². The maximum absolute atomic E-state index is 11.9. The van der Waals surface area contributed by atoms with E-state index in [9.17, 15) is 9.59 Å². The number of hydrogen-bond acceptors (Lipinski definition) is 3. The largest absolute Gasteiger partial charge is 0.484 e. The molecule has 0 unspecified atom stereocenters. The predicted octanol–water partition coefficient (Wildman–Crippen LogP) is 3.89. The summed E-state index contributed by atoms with van der Waals surface area (Å²) in [6.45, 7) is 3.65. The summed E-state index contributed by atoms with van der Waals surface area (Å²) in [6, 6.07) is 13.4. The summed E-state index contributed by atoms with van der Waals surface area (Å²) in [7, 11) is 0. The fourth-order valence-corrected chi connectivity index (χ4v) is 2.07. The number of hydrogen-bond donors (Lipinski definition) is 3. The molecule has 0 radical (unpaired) electrons. The first-order chi connectivity index (χ1) is 11.9. The number of urea groups is 1. The zero-order valence-electron chi connectivity index (χ0n) is 14.0. The lowest BCUT2D eigenvalue weighted by molar-refractivity contribution is -0.118. The molecule has 2 aromatic rings. The van der Waals surface area contributed by atoms with Gasteiger partial charge in [0, 0.05) is 22.4 Å². The zero-order valence-corrected chi connectivity index (χ0v) is 14.8. The third-order valence-corrected chi connectivity index (χ3v) is 3.28. The van der Waals surface area contributed by atoms with Crippen molar-refractivity contribution in [2.75, 3.05) is 17.2 Å². The number of amides is 3. The summed E-state index contributed by atoms with van der Waals surface area (Å²) in [6.07, 6.45) is 0. The molecule has 0 bridgehead atoms. The summed E-state index contributed by atoms with van der Waals surface area (Å²) in [5, 5.41) is 8.76. The molecule has 3 N–H and O–H groups in total. The van der Waals surface area contributed by atoms with Gasteiger partial charge in [-0.1, -0.05) is 11.6 Å². The molecule has 2 aromatic carbocycles. The molecule has 0 fully saturated rings. The van der Waals surface area contributed by atoms with E-state index in [4.69, 9.17) is 16.3 Å². The highest BCUT2D eigenvalue weighted by atomic mass is 35.5. The van der Waals surface area contributed by atoms with Crippen LogP contribution in [-0.2, 0) is 4.79 Å². The fourth-order valence-electron chi connectivity index (χ4n) is 1.94. The summed E-state index contributed by atoms with van der Waals surface area (Å²) in [4.78, 5) is 23.5. The molecule has 7 heteroatoms. The van der Waals surface area contributed by atoms with Gasteiger partial charge in [0.15, 0.2) is 6.61 Å². The molecule has 0 aliphatic rings. The number of benzene rings is 2. The van der Waals surface area contributed by atoms with Crippen LogP contribution in [0.4, 0.5) is 16.2 Å². The van der Waals surface area contributed by atoms with Crippen LogP contribution in [0, 0.1) is 0 Å². The topological polar surface area (TPSA) is 79.5 Å². The zero-order chi connectivity index (χ0) is 18.2. The Morgan fingerprint density at radius 2 is 1.52 bits per heavy atom. The van der Waals surface area contributed by atoms with Crippen LogP contribution in [0.5, 0.6) is 5.75 Å². The monoisotopic (exact) mass is 361 g/mol. The molecular weight excluding hydrogens is 342 g/mol. The molecule has 25 heavy (non-hydrogen) atoms. The highest BCUT2D eigenvalue weighted by Gasteiger charge is 2.06. The van der Waals surface area contributed by atoms with Crippen LogP contribution in [0.2, 0.25) is 5.02 Å². The van der Waals surface area contributed by atoms with Crippen molar-refractivity contribution < 1.29 is 14.3 Å². The van der Waals surface area contributed by atoms with Crippen LogP contribution in [0.25, 0.3) is 0 Å². The molecule has 0 aliphatic carbocycles. The third kappa shape index (κ3) is 6.73. The van der Waals surface area contributed by atoms with E-state index in [0.29, 0.717) is 22.1 Å². The lowest BCUT2D eigenvalue weighted by Gasteiger charge is -2.11. The summed E-state index contributed by atoms with van der Waals surface area (Å²) >= 11 is 5.79. The highest BCUT2D eigenvalue weighted by molar-refractivity contribution is 6.30. The van der Waals surface area contributed by atoms with Crippen molar-refractivity contribution in [2.45, 2.75) is 19.9 Å². The van der Waals surface area contributed by atoms with Crippen LogP contribution in [0.15, 0.2) is 48.5 Å². The van der Waals surface area contributed by atoms with Crippen LogP contribution in [-0.4, -0.2) is 24.6 Å². The Balaban J connectivity index is 1.80. The van der Waals surface area contributed by atoms with Crippen molar-refractivity contribution >= 4 is 34.9 Å². The van der Waals surface area contributed by atoms with Gasteiger partial charge in [0.25, 0.3) is 5.91 Å². The number of carbonyl (C=O) groups excluding carboxylic acids is 2. The van der Waals surface area contributed by atoms with Gasteiger partial charge in [-0.2, -0.15) is 0 Å². The van der Waals surface area contributed by atoms with Gasteiger partial charge >= 0.3 is 6.03 Å². The van der Waals surface area contributed by atoms with E-state index in [1.54, 1.807) is 48.5 Å². The Labute approximate surface area is 151 Å². The van der Waals surface area contributed by atoms with Crippen molar-refractivity contribution in [1.82, 2.24) is 5.32 Å². The average molecular weight is 362 g/mol. The summed E-state index contributed by atoms with van der Waals surface area (Å²) in [5.74, 6) is 0.281. The lowest BCUT2D eigenvalue weighted by atomic mass is 10.3. The van der Waals surface area contributed by atoms with Crippen molar-refractivity contribution in [3.05, 3.63) is 53.6 Å². The second-order valence-corrected chi connectivity index (χ2v) is 6.06. The Kier molecular flexibility index (Phi) is 6.65. The van der Waals surface area contributed by atoms with Crippen LogP contribution < -0.4 is 20.7 Å². The molecule has 0 spiro atoms. The quantitative estimate of drug-likeness (QED) is 0.730. The van der Waals surface area contributed by atoms with E-state index in [1.165, 1.54) is 0 Å². The smallest absolute Gasteiger partial charge is 0.319 e. The van der Waals surface area contributed by atoms with Gasteiger partial charge in [0.1, 0.15) is 5.75 Å². The van der Waals surface area contributed by atoms with Crippen LogP contribution >= 0.6 is 11.6 Å². The molecule has 0 saturated carbocycles. The second-order valence-electron chi connectivity index (χ2n) is 5.62. The third-order valence-electron chi connectivity index (χ3n) is 3.03. The van der Waals surface area contributed by atoms with E-state index in [0.717, 1.165) is 0 Å². The molecule has 132 valence electrons. The molecule has 0 atom stereocenters. The molecule has 3 amide bonds. The van der Waals surface area contributed by atoms with Gasteiger partial charge in [0.2, 0.25) is 0 Å². The number of carbonyl (C=O) groups is 2. The number of nitrogens with one attached hydrogen (secondary N) is 3. The summed E-state index contributed by atoms with van der Waals surface area (Å²) in [5.41, 5.74) is 1.24. The van der Waals surface area contributed by atoms with Crippen LogP contribution in [0.3, 0.4) is 0 Å². The van der Waals surface area contributed by atoms with Gasteiger partial charge in [0.05, 0.1) is 0 Å². The second kappa shape index (κ2) is 8.94. The van der Waals surface area contributed by atoms with Crippen molar-refractivity contribution in [1.29, 1.82) is 0 Å². The molecule has 6 nitrogen and oxygen atoms in total. The molecule has 0 heterocycles. The van der Waals surface area contributed by atoms with E-state index in [1.807, 2.05) is 13.8 Å². The Morgan fingerprint density at radius 1 is 0.960 bits per heavy atom. The van der Waals surface area contributed by atoms with Crippen molar-refractivity contribution in [3.63, 3.8) is 0 Å². The Hall–Kier alpha value is -2.73. The Bertz CT molecular complexity index is 715. The van der Waals surface area contributed by atoms with E-state index < -0.39 is 0 Å². The minimum Gasteiger partial charge on any atom is -0.484 e. The first-order valence-corrected chi connectivity index (χ1v) is 8.16. The van der Waals surface area contributed by atoms with E-state index in [2.05, 4.69) is 16.0 Å². The minimum atomic E-state index is -0.284. The Morgan fingerprint density at radius 3 is 2.08 bits per heavy atom. The van der Waals surface area contributed by atoms with Gasteiger partial charge in [-0.3, -0.25) is 4.79 Å². The number of rotatable bonds is 6. The average Bonchev–Trinajstić information content (AvgIpc) is 2.55. The minimum absolute atomic E-state index is 0.0548. The van der Waals surface area contributed by atoms with Gasteiger partial charge in [-0.25, -0.2) is 4.79 Å². The highest BCUT2D eigenvalue weighted by Crippen LogP contribution is 2.16. The SMILES string of the molecule is CC(C)NC(=O)Nc1ccc(NC(=O)COc2ccc(Cl)cc2)cc1. The maximum Gasteiger partial charge on any atom is 0.319 e. The number of ether oxygens (including phenoxy) is 1. The van der Waals surface area contributed by atoms with Crippen LogP contribution in [0.1, 0.15) is 13.8 Å². The predicted molar refractivity (Wildman–Crippen MR) is 99.3 cm³/mol. The van der Waals surface area contributed by atoms with E-state index in [-0.39, 0.29) is 24.6 Å². The van der Waals surface area contributed by atoms with Crippen molar-refractivity contribution in [3.8, 4) is 5.75 Å². The molecule has 0 aliphatic heterocycles. The normalized spacial score (nSPS) is 10.2. The molecule has 0 saturated heterocycles. The van der Waals surface area contributed by atoms with Crippen molar-refractivity contribution in [2.24, 2.45) is 0 Å². The molecular formula is C18H20ClN3O3. The number of anilines is 2. The molecule has 2 rings (SSSR count). The first kappa shape index (κ1) is 18.6. The fraction of sp³-hybridized carbons (Fsp3) is 0.222. The van der Waals surface area contributed by atoms with Gasteiger partial charge < -0.3 is 20.7 Å². The molecule has 0 aromatic heterocycles. The standard InChI is InChI=1S/C18H20ClN3O3/c1-12(2)20-18(24)22-15-7-5-14(6-8-15)21-17(23)11-25-16-9-3-13(19)4-10-16/h3-10,12H,11H2,1-2H3,(H,21,23)(H2,20,22,24). The summed E-state index contributed by atoms with van der Waals surface area (Å²) < 4.78 is 5.37. The number of halogens is 1. The van der Waals surface area contributed by atoms with E-state index >= 15 is 0 Å². The lowest BCUT2D eigenvalue weighted by Crippen LogP contribution is -2.34.